The second kappa shape index (κ2) is 7.48. The van der Waals surface area contributed by atoms with Gasteiger partial charge in [0.15, 0.2) is 0 Å². The quantitative estimate of drug-likeness (QED) is 0.383. The summed E-state index contributed by atoms with van der Waals surface area (Å²) < 4.78 is 4.81. The molecule has 0 aliphatic rings. The second-order valence-corrected chi connectivity index (χ2v) is 5.37. The molecule has 0 saturated heterocycles. The van der Waals surface area contributed by atoms with Crippen LogP contribution in [0.4, 0.5) is 0 Å². The number of carbonyl (C=O) groups is 1. The van der Waals surface area contributed by atoms with Gasteiger partial charge in [0.05, 0.1) is 17.9 Å². The van der Waals surface area contributed by atoms with Gasteiger partial charge in [-0.15, -0.1) is 0 Å². The van der Waals surface area contributed by atoms with Gasteiger partial charge >= 0.3 is 5.97 Å². The van der Waals surface area contributed by atoms with Gasteiger partial charge in [0.1, 0.15) is 11.1 Å². The molecule has 1 heterocycles. The molecular weight excluding hydrogens is 298 g/mol. The van der Waals surface area contributed by atoms with Crippen molar-refractivity contribution in [1.29, 1.82) is 10.7 Å². The van der Waals surface area contributed by atoms with Crippen LogP contribution in [-0.4, -0.2) is 28.4 Å². The van der Waals surface area contributed by atoms with Gasteiger partial charge in [-0.1, -0.05) is 30.0 Å². The summed E-state index contributed by atoms with van der Waals surface area (Å²) in [4.78, 5) is 14.4. The fourth-order valence-corrected chi connectivity index (χ4v) is 2.53. The lowest BCUT2D eigenvalue weighted by atomic mass is 10.1. The van der Waals surface area contributed by atoms with E-state index in [1.165, 1.54) is 0 Å². The third-order valence-corrected chi connectivity index (χ3v) is 3.81. The zero-order chi connectivity index (χ0) is 15.9. The number of nitrogens with zero attached hydrogens (tertiary/aromatic N) is 1. The van der Waals surface area contributed by atoms with E-state index in [1.807, 2.05) is 30.3 Å². The minimum Gasteiger partial charge on any atom is -0.465 e. The third-order valence-electron chi connectivity index (χ3n) is 2.93. The summed E-state index contributed by atoms with van der Waals surface area (Å²) in [5, 5.41) is 18.2. The maximum Gasteiger partial charge on any atom is 0.316 e. The van der Waals surface area contributed by atoms with Gasteiger partial charge in [-0.3, -0.25) is 10.2 Å². The van der Waals surface area contributed by atoms with Gasteiger partial charge in [0.25, 0.3) is 0 Å². The van der Waals surface area contributed by atoms with Crippen LogP contribution in [0.3, 0.4) is 0 Å². The zero-order valence-corrected chi connectivity index (χ0v) is 12.9. The number of nitriles is 1. The number of rotatable bonds is 5. The molecule has 6 heteroatoms. The van der Waals surface area contributed by atoms with Crippen molar-refractivity contribution in [3.05, 3.63) is 41.6 Å². The standard InChI is InChI=1S/C16H15N3O2S/c1-2-21-15(20)10-22-16(18)11(8-17)7-12-9-19-14-6-4-3-5-13(12)14/h3-7,9,18-19H,2,10H2,1H3/b11-7-,18-16?. The number of para-hydroxylation sites is 1. The van der Waals surface area contributed by atoms with Crippen molar-refractivity contribution >= 4 is 39.8 Å². The second-order valence-electron chi connectivity index (χ2n) is 4.38. The Balaban J connectivity index is 2.15. The Kier molecular flexibility index (Phi) is 5.39. The molecule has 0 saturated carbocycles. The average Bonchev–Trinajstić information content (AvgIpc) is 2.93. The fourth-order valence-electron chi connectivity index (χ4n) is 1.93. The summed E-state index contributed by atoms with van der Waals surface area (Å²) >= 11 is 0.992. The molecular formula is C16H15N3O2S. The Hall–Kier alpha value is -2.52. The summed E-state index contributed by atoms with van der Waals surface area (Å²) in [6, 6.07) is 9.74. The largest absolute Gasteiger partial charge is 0.465 e. The molecule has 5 nitrogen and oxygen atoms in total. The Morgan fingerprint density at radius 2 is 2.27 bits per heavy atom. The number of nitrogens with one attached hydrogen (secondary N) is 2. The Morgan fingerprint density at radius 3 is 3.00 bits per heavy atom. The maximum atomic E-state index is 11.3. The lowest BCUT2D eigenvalue weighted by Gasteiger charge is -2.02. The number of carbonyl (C=O) groups excluding carboxylic acids is 1. The van der Waals surface area contributed by atoms with Crippen LogP contribution >= 0.6 is 11.8 Å². The summed E-state index contributed by atoms with van der Waals surface area (Å²) in [7, 11) is 0. The van der Waals surface area contributed by atoms with Crippen LogP contribution in [0, 0.1) is 16.7 Å². The van der Waals surface area contributed by atoms with Gasteiger partial charge in [-0.2, -0.15) is 5.26 Å². The molecule has 0 aliphatic carbocycles. The van der Waals surface area contributed by atoms with Crippen molar-refractivity contribution in [3.63, 3.8) is 0 Å². The minimum absolute atomic E-state index is 0.0274. The summed E-state index contributed by atoms with van der Waals surface area (Å²) in [5.41, 5.74) is 2.03. The highest BCUT2D eigenvalue weighted by Crippen LogP contribution is 2.22. The van der Waals surface area contributed by atoms with E-state index in [-0.39, 0.29) is 22.3 Å². The average molecular weight is 313 g/mol. The van der Waals surface area contributed by atoms with Gasteiger partial charge in [0.2, 0.25) is 0 Å². The Labute approximate surface area is 132 Å². The molecule has 2 rings (SSSR count). The number of esters is 1. The molecule has 0 fully saturated rings. The third kappa shape index (κ3) is 3.77. The number of benzene rings is 1. The maximum absolute atomic E-state index is 11.3. The van der Waals surface area contributed by atoms with Crippen molar-refractivity contribution in [2.45, 2.75) is 6.92 Å². The van der Waals surface area contributed by atoms with Gasteiger partial charge in [0, 0.05) is 22.7 Å². The van der Waals surface area contributed by atoms with Crippen molar-refractivity contribution < 1.29 is 9.53 Å². The first-order valence-corrected chi connectivity index (χ1v) is 7.69. The van der Waals surface area contributed by atoms with E-state index >= 15 is 0 Å². The molecule has 0 amide bonds. The molecule has 2 N–H and O–H groups in total. The highest BCUT2D eigenvalue weighted by molar-refractivity contribution is 8.14. The van der Waals surface area contributed by atoms with Crippen molar-refractivity contribution in [2.24, 2.45) is 0 Å². The number of H-pyrrole nitrogens is 1. The van der Waals surface area contributed by atoms with E-state index in [9.17, 15) is 10.1 Å². The number of thioether (sulfide) groups is 1. The van der Waals surface area contributed by atoms with Crippen molar-refractivity contribution in [1.82, 2.24) is 4.98 Å². The highest BCUT2D eigenvalue weighted by atomic mass is 32.2. The normalized spacial score (nSPS) is 11.2. The van der Waals surface area contributed by atoms with Crippen LogP contribution in [0.15, 0.2) is 36.0 Å². The first-order valence-electron chi connectivity index (χ1n) is 6.71. The Morgan fingerprint density at radius 1 is 1.50 bits per heavy atom. The van der Waals surface area contributed by atoms with E-state index in [0.29, 0.717) is 6.61 Å². The smallest absolute Gasteiger partial charge is 0.316 e. The van der Waals surface area contributed by atoms with E-state index in [0.717, 1.165) is 28.2 Å². The summed E-state index contributed by atoms with van der Waals surface area (Å²) in [6.45, 7) is 2.04. The van der Waals surface area contributed by atoms with Gasteiger partial charge < -0.3 is 9.72 Å². The van der Waals surface area contributed by atoms with E-state index in [1.54, 1.807) is 19.2 Å². The number of aromatic nitrogens is 1. The summed E-state index contributed by atoms with van der Waals surface area (Å²) in [5.74, 6) is -0.360. The molecule has 0 atom stereocenters. The number of aromatic amines is 1. The lowest BCUT2D eigenvalue weighted by molar-refractivity contribution is -0.139. The zero-order valence-electron chi connectivity index (χ0n) is 12.1. The fraction of sp³-hybridized carbons (Fsp3) is 0.188. The summed E-state index contributed by atoms with van der Waals surface area (Å²) in [6.07, 6.45) is 3.45. The number of hydrogen-bond acceptors (Lipinski definition) is 5. The minimum atomic E-state index is -0.387. The highest BCUT2D eigenvalue weighted by Gasteiger charge is 2.11. The molecule has 0 unspecified atom stereocenters. The first-order chi connectivity index (χ1) is 10.7. The molecule has 1 aromatic heterocycles. The molecule has 0 spiro atoms. The van der Waals surface area contributed by atoms with Crippen LogP contribution in [0.25, 0.3) is 17.0 Å². The van der Waals surface area contributed by atoms with Crippen LogP contribution < -0.4 is 0 Å². The molecule has 112 valence electrons. The topological polar surface area (TPSA) is 89.7 Å². The predicted octanol–water partition coefficient (Wildman–Crippen LogP) is 3.35. The molecule has 0 radical (unpaired) electrons. The monoisotopic (exact) mass is 313 g/mol. The number of fused-ring (bicyclic) bond motifs is 1. The van der Waals surface area contributed by atoms with Crippen LogP contribution in [-0.2, 0) is 9.53 Å². The van der Waals surface area contributed by atoms with Crippen molar-refractivity contribution in [3.8, 4) is 6.07 Å². The SMILES string of the molecule is CCOC(=O)CSC(=N)/C(C#N)=C\c1c[nH]c2ccccc12. The van der Waals surface area contributed by atoms with Crippen molar-refractivity contribution in [2.75, 3.05) is 12.4 Å². The number of ether oxygens (including phenoxy) is 1. The lowest BCUT2D eigenvalue weighted by Crippen LogP contribution is -2.09. The van der Waals surface area contributed by atoms with Gasteiger partial charge in [-0.25, -0.2) is 0 Å². The predicted molar refractivity (Wildman–Crippen MR) is 88.7 cm³/mol. The van der Waals surface area contributed by atoms with Crippen LogP contribution in [0.1, 0.15) is 12.5 Å². The first kappa shape index (κ1) is 15.9. The molecule has 22 heavy (non-hydrogen) atoms. The number of hydrogen-bond donors (Lipinski definition) is 2. The van der Waals surface area contributed by atoms with E-state index in [4.69, 9.17) is 10.1 Å². The van der Waals surface area contributed by atoms with E-state index < -0.39 is 0 Å². The molecule has 2 aromatic rings. The van der Waals surface area contributed by atoms with Crippen LogP contribution in [0.2, 0.25) is 0 Å². The van der Waals surface area contributed by atoms with Gasteiger partial charge in [-0.05, 0) is 19.1 Å². The molecule has 0 bridgehead atoms. The molecule has 0 aliphatic heterocycles. The Bertz CT molecular complexity index is 771. The molecule has 1 aromatic carbocycles. The van der Waals surface area contributed by atoms with Crippen LogP contribution in [0.5, 0.6) is 0 Å². The van der Waals surface area contributed by atoms with E-state index in [2.05, 4.69) is 4.98 Å².